The molecule has 3 amide bonds. The summed E-state index contributed by atoms with van der Waals surface area (Å²) < 4.78 is 16.0. The molecule has 3 aromatic carbocycles. The summed E-state index contributed by atoms with van der Waals surface area (Å²) in [7, 11) is 1.56. The second kappa shape index (κ2) is 11.1. The largest absolute Gasteiger partial charge is 0.497 e. The molecule has 2 aliphatic heterocycles. The first-order valence-corrected chi connectivity index (χ1v) is 12.8. The number of Topliss-reactive ketones (excluding diaryl/α,β-unsaturated/α-hetero) is 1. The molecule has 0 radical (unpaired) electrons. The summed E-state index contributed by atoms with van der Waals surface area (Å²) in [5.41, 5.74) is 1.88. The predicted octanol–water partition coefficient (Wildman–Crippen LogP) is 3.65. The highest BCUT2D eigenvalue weighted by molar-refractivity contribution is 6.52. The van der Waals surface area contributed by atoms with Gasteiger partial charge in [0.2, 0.25) is 18.6 Å². The SMILES string of the molecule is COc1ccc(CN(C(=O)CN2C(=O)C(=O)c3ccccc32)[C@H](C(=O)Nc2ccc3c(c2)OCO3)C(C)C)cc1. The van der Waals surface area contributed by atoms with Crippen molar-refractivity contribution in [3.63, 3.8) is 0 Å². The molecular weight excluding hydrogens is 514 g/mol. The van der Waals surface area contributed by atoms with Crippen LogP contribution in [0.5, 0.6) is 17.2 Å². The lowest BCUT2D eigenvalue weighted by Crippen LogP contribution is -2.53. The number of hydrogen-bond donors (Lipinski definition) is 1. The van der Waals surface area contributed by atoms with Gasteiger partial charge in [-0.3, -0.25) is 24.1 Å². The van der Waals surface area contributed by atoms with E-state index in [-0.39, 0.29) is 24.8 Å². The Morgan fingerprint density at radius 3 is 2.45 bits per heavy atom. The summed E-state index contributed by atoms with van der Waals surface area (Å²) in [4.78, 5) is 55.6. The number of ketones is 1. The van der Waals surface area contributed by atoms with Gasteiger partial charge in [0.1, 0.15) is 18.3 Å². The summed E-state index contributed by atoms with van der Waals surface area (Å²) in [5, 5.41) is 2.89. The molecule has 0 aliphatic carbocycles. The molecule has 0 saturated heterocycles. The fourth-order valence-electron chi connectivity index (χ4n) is 4.90. The Morgan fingerprint density at radius 1 is 1.00 bits per heavy atom. The molecule has 206 valence electrons. The number of carbonyl (C=O) groups excluding carboxylic acids is 4. The number of rotatable bonds is 9. The van der Waals surface area contributed by atoms with Gasteiger partial charge in [0, 0.05) is 18.3 Å². The van der Waals surface area contributed by atoms with Crippen LogP contribution in [0.25, 0.3) is 0 Å². The first kappa shape index (κ1) is 26.7. The van der Waals surface area contributed by atoms with E-state index >= 15 is 0 Å². The molecule has 2 aliphatic rings. The number of benzene rings is 3. The van der Waals surface area contributed by atoms with Crippen molar-refractivity contribution < 1.29 is 33.4 Å². The van der Waals surface area contributed by atoms with E-state index in [0.29, 0.717) is 28.6 Å². The third-order valence-electron chi connectivity index (χ3n) is 6.88. The van der Waals surface area contributed by atoms with Crippen LogP contribution in [0, 0.1) is 5.92 Å². The Morgan fingerprint density at radius 2 is 1.73 bits per heavy atom. The fourth-order valence-corrected chi connectivity index (χ4v) is 4.90. The number of methoxy groups -OCH3 is 1. The van der Waals surface area contributed by atoms with Gasteiger partial charge in [-0.2, -0.15) is 0 Å². The van der Waals surface area contributed by atoms with Gasteiger partial charge in [0.05, 0.1) is 18.4 Å². The van der Waals surface area contributed by atoms with Gasteiger partial charge in [-0.05, 0) is 47.9 Å². The van der Waals surface area contributed by atoms with Crippen LogP contribution in [0.3, 0.4) is 0 Å². The number of para-hydroxylation sites is 1. The number of fused-ring (bicyclic) bond motifs is 2. The average molecular weight is 544 g/mol. The Hall–Kier alpha value is -4.86. The highest BCUT2D eigenvalue weighted by Gasteiger charge is 2.39. The molecular formula is C30H29N3O7. The van der Waals surface area contributed by atoms with Crippen LogP contribution in [-0.2, 0) is 20.9 Å². The van der Waals surface area contributed by atoms with Gasteiger partial charge >= 0.3 is 0 Å². The first-order valence-electron chi connectivity index (χ1n) is 12.8. The molecule has 40 heavy (non-hydrogen) atoms. The molecule has 10 nitrogen and oxygen atoms in total. The van der Waals surface area contributed by atoms with Crippen LogP contribution in [0.15, 0.2) is 66.7 Å². The van der Waals surface area contributed by atoms with Crippen molar-refractivity contribution in [3.8, 4) is 17.2 Å². The van der Waals surface area contributed by atoms with Crippen LogP contribution < -0.4 is 24.4 Å². The molecule has 3 aromatic rings. The van der Waals surface area contributed by atoms with E-state index in [0.717, 1.165) is 5.56 Å². The number of carbonyl (C=O) groups is 4. The Kier molecular flexibility index (Phi) is 7.41. The highest BCUT2D eigenvalue weighted by Crippen LogP contribution is 2.34. The lowest BCUT2D eigenvalue weighted by atomic mass is 10.00. The second-order valence-electron chi connectivity index (χ2n) is 9.85. The maximum absolute atomic E-state index is 13.9. The molecule has 10 heteroatoms. The number of ether oxygens (including phenoxy) is 3. The molecule has 5 rings (SSSR count). The number of amides is 3. The standard InChI is InChI=1S/C30H29N3O7/c1-18(2)27(29(36)31-20-10-13-24-25(14-20)40-17-39-24)33(15-19-8-11-21(38-3)12-9-19)26(34)16-32-23-7-5-4-6-22(23)28(35)30(32)37/h4-14,18,27H,15-17H2,1-3H3,(H,31,36)/t27-/m0/s1. The van der Waals surface area contributed by atoms with Crippen LogP contribution in [0.1, 0.15) is 29.8 Å². The molecule has 0 unspecified atom stereocenters. The van der Waals surface area contributed by atoms with Crippen molar-refractivity contribution in [1.82, 2.24) is 4.90 Å². The maximum Gasteiger partial charge on any atom is 0.299 e. The third-order valence-corrected chi connectivity index (χ3v) is 6.88. The molecule has 0 spiro atoms. The van der Waals surface area contributed by atoms with Gasteiger partial charge in [0.15, 0.2) is 11.5 Å². The molecule has 1 N–H and O–H groups in total. The van der Waals surface area contributed by atoms with E-state index in [2.05, 4.69) is 5.32 Å². The van der Waals surface area contributed by atoms with E-state index in [1.165, 1.54) is 9.80 Å². The van der Waals surface area contributed by atoms with Crippen LogP contribution in [0.4, 0.5) is 11.4 Å². The van der Waals surface area contributed by atoms with Gasteiger partial charge in [-0.25, -0.2) is 0 Å². The van der Waals surface area contributed by atoms with Crippen molar-refractivity contribution in [2.45, 2.75) is 26.4 Å². The molecule has 1 atom stereocenters. The summed E-state index contributed by atoms with van der Waals surface area (Å²) in [5.74, 6) is -0.857. The van der Waals surface area contributed by atoms with E-state index in [9.17, 15) is 19.2 Å². The summed E-state index contributed by atoms with van der Waals surface area (Å²) in [6.07, 6.45) is 0. The topological polar surface area (TPSA) is 114 Å². The summed E-state index contributed by atoms with van der Waals surface area (Å²) >= 11 is 0. The van der Waals surface area contributed by atoms with Crippen LogP contribution in [0.2, 0.25) is 0 Å². The molecule has 0 bridgehead atoms. The second-order valence-corrected chi connectivity index (χ2v) is 9.85. The maximum atomic E-state index is 13.9. The lowest BCUT2D eigenvalue weighted by Gasteiger charge is -2.34. The minimum absolute atomic E-state index is 0.0951. The first-order chi connectivity index (χ1) is 19.3. The van der Waals surface area contributed by atoms with E-state index < -0.39 is 36.1 Å². The van der Waals surface area contributed by atoms with Crippen LogP contribution >= 0.6 is 0 Å². The van der Waals surface area contributed by atoms with Gasteiger partial charge in [-0.15, -0.1) is 0 Å². The van der Waals surface area contributed by atoms with Crippen molar-refractivity contribution in [1.29, 1.82) is 0 Å². The normalized spacial score (nSPS) is 14.2. The van der Waals surface area contributed by atoms with Crippen molar-refractivity contribution in [2.75, 3.05) is 30.7 Å². The lowest BCUT2D eigenvalue weighted by molar-refractivity contribution is -0.140. The molecule has 2 heterocycles. The fraction of sp³-hybridized carbons (Fsp3) is 0.267. The highest BCUT2D eigenvalue weighted by atomic mass is 16.7. The Labute approximate surface area is 231 Å². The van der Waals surface area contributed by atoms with Gasteiger partial charge in [-0.1, -0.05) is 38.1 Å². The number of nitrogens with one attached hydrogen (secondary N) is 1. The van der Waals surface area contributed by atoms with E-state index in [1.54, 1.807) is 61.7 Å². The summed E-state index contributed by atoms with van der Waals surface area (Å²) in [6, 6.07) is 17.9. The zero-order valence-corrected chi connectivity index (χ0v) is 22.4. The van der Waals surface area contributed by atoms with Crippen LogP contribution in [-0.4, -0.2) is 54.9 Å². The monoisotopic (exact) mass is 543 g/mol. The van der Waals surface area contributed by atoms with Gasteiger partial charge in [0.25, 0.3) is 11.7 Å². The third kappa shape index (κ3) is 5.20. The minimum atomic E-state index is -0.899. The zero-order valence-electron chi connectivity index (χ0n) is 22.4. The predicted molar refractivity (Wildman–Crippen MR) is 146 cm³/mol. The Bertz CT molecular complexity index is 1470. The summed E-state index contributed by atoms with van der Waals surface area (Å²) in [6.45, 7) is 3.50. The number of hydrogen-bond acceptors (Lipinski definition) is 7. The molecule has 0 saturated carbocycles. The van der Waals surface area contributed by atoms with Crippen molar-refractivity contribution >= 4 is 34.9 Å². The molecule has 0 fully saturated rings. The van der Waals surface area contributed by atoms with Crippen molar-refractivity contribution in [2.24, 2.45) is 5.92 Å². The van der Waals surface area contributed by atoms with Gasteiger partial charge < -0.3 is 24.4 Å². The molecule has 0 aromatic heterocycles. The average Bonchev–Trinajstić information content (AvgIpc) is 3.51. The number of anilines is 2. The Balaban J connectivity index is 1.44. The number of nitrogens with zero attached hydrogens (tertiary/aromatic N) is 2. The van der Waals surface area contributed by atoms with E-state index in [4.69, 9.17) is 14.2 Å². The van der Waals surface area contributed by atoms with Crippen molar-refractivity contribution in [3.05, 3.63) is 77.9 Å². The minimum Gasteiger partial charge on any atom is -0.497 e. The smallest absolute Gasteiger partial charge is 0.299 e. The zero-order chi connectivity index (χ0) is 28.4. The van der Waals surface area contributed by atoms with E-state index in [1.807, 2.05) is 26.0 Å². The quantitative estimate of drug-likeness (QED) is 0.410.